The third-order valence-electron chi connectivity index (χ3n) is 4.97. The fourth-order valence-corrected chi connectivity index (χ4v) is 3.17. The molecule has 206 valence electrons. The molecule has 0 fully saturated rings. The number of benzene rings is 1. The van der Waals surface area contributed by atoms with Crippen molar-refractivity contribution >= 4 is 46.8 Å². The molecular formula is C24H32Cl2N8O4. The molecule has 0 aliphatic carbocycles. The Morgan fingerprint density at radius 1 is 0.684 bits per heavy atom. The van der Waals surface area contributed by atoms with Crippen LogP contribution in [-0.4, -0.2) is 25.4 Å². The molecule has 0 atom stereocenters. The minimum Gasteiger partial charge on any atom is -1.00 e. The molecule has 0 radical (unpaired) electrons. The molecule has 2 aromatic heterocycles. The van der Waals surface area contributed by atoms with Gasteiger partial charge in [0.1, 0.15) is 11.4 Å². The summed E-state index contributed by atoms with van der Waals surface area (Å²) in [5, 5.41) is 11.7. The Hall–Kier alpha value is -4.16. The topological polar surface area (TPSA) is 181 Å². The SMILES string of the molecule is CCOC(=O)Nc1ccc(NCc2ccc(CNc3ccc(NC(=O)OCC)c(N)[nH+]3)cc2)[nH+]c1N.[Cl-].[Cl-]. The third-order valence-corrected chi connectivity index (χ3v) is 4.97. The fraction of sp³-hybridized carbons (Fsp3) is 0.250. The average molecular weight is 567 g/mol. The number of halogens is 2. The second-order valence-corrected chi connectivity index (χ2v) is 7.61. The van der Waals surface area contributed by atoms with Crippen LogP contribution in [0.3, 0.4) is 0 Å². The van der Waals surface area contributed by atoms with Gasteiger partial charge in [-0.1, -0.05) is 24.3 Å². The summed E-state index contributed by atoms with van der Waals surface area (Å²) >= 11 is 0. The van der Waals surface area contributed by atoms with Gasteiger partial charge in [0.2, 0.25) is 23.3 Å². The zero-order valence-electron chi connectivity index (χ0n) is 21.0. The summed E-state index contributed by atoms with van der Waals surface area (Å²) in [6.07, 6.45) is -1.12. The Kier molecular flexibility index (Phi) is 13.3. The number of hydrogen-bond donors (Lipinski definition) is 6. The number of ether oxygens (including phenoxy) is 2. The number of carbonyl (C=O) groups excluding carboxylic acids is 2. The number of nitrogens with two attached hydrogens (primary N) is 2. The molecular weight excluding hydrogens is 535 g/mol. The predicted molar refractivity (Wildman–Crippen MR) is 137 cm³/mol. The molecule has 0 spiro atoms. The van der Waals surface area contributed by atoms with E-state index in [2.05, 4.69) is 31.2 Å². The quantitative estimate of drug-likeness (QED) is 0.149. The van der Waals surface area contributed by atoms with Gasteiger partial charge in [-0.3, -0.25) is 10.6 Å². The zero-order valence-corrected chi connectivity index (χ0v) is 22.5. The van der Waals surface area contributed by atoms with Gasteiger partial charge in [-0.25, -0.2) is 19.6 Å². The number of nitrogen functional groups attached to an aromatic ring is 2. The lowest BCUT2D eigenvalue weighted by Crippen LogP contribution is -3.00. The molecule has 14 heteroatoms. The molecule has 0 saturated carbocycles. The Morgan fingerprint density at radius 2 is 1.05 bits per heavy atom. The van der Waals surface area contributed by atoms with E-state index in [0.29, 0.717) is 47.7 Å². The van der Waals surface area contributed by atoms with Crippen LogP contribution in [0.4, 0.5) is 44.2 Å². The predicted octanol–water partition coefficient (Wildman–Crippen LogP) is -3.15. The first kappa shape index (κ1) is 31.9. The molecule has 0 bridgehead atoms. The number of carbonyl (C=O) groups is 2. The summed E-state index contributed by atoms with van der Waals surface area (Å²) in [5.41, 5.74) is 15.0. The van der Waals surface area contributed by atoms with Crippen LogP contribution in [0.2, 0.25) is 0 Å². The summed E-state index contributed by atoms with van der Waals surface area (Å²) in [4.78, 5) is 29.1. The Labute approximate surface area is 233 Å². The van der Waals surface area contributed by atoms with Crippen LogP contribution < -0.4 is 67.5 Å². The molecule has 3 aromatic rings. The molecule has 2 heterocycles. The number of H-pyrrole nitrogens is 2. The van der Waals surface area contributed by atoms with Crippen molar-refractivity contribution in [2.75, 3.05) is 45.9 Å². The molecule has 1 aromatic carbocycles. The third kappa shape index (κ3) is 9.71. The van der Waals surface area contributed by atoms with Gasteiger partial charge in [-0.2, -0.15) is 0 Å². The van der Waals surface area contributed by atoms with Crippen LogP contribution in [0.1, 0.15) is 25.0 Å². The van der Waals surface area contributed by atoms with E-state index in [0.717, 1.165) is 11.1 Å². The van der Waals surface area contributed by atoms with E-state index in [1.807, 2.05) is 24.3 Å². The van der Waals surface area contributed by atoms with Gasteiger partial charge in [-0.15, -0.1) is 0 Å². The lowest BCUT2D eigenvalue weighted by molar-refractivity contribution is -0.343. The fourth-order valence-electron chi connectivity index (χ4n) is 3.17. The number of amides is 2. The molecule has 3 rings (SSSR count). The van der Waals surface area contributed by atoms with Gasteiger partial charge in [0.15, 0.2) is 0 Å². The van der Waals surface area contributed by atoms with E-state index in [1.165, 1.54) is 0 Å². The van der Waals surface area contributed by atoms with Crippen LogP contribution in [0.15, 0.2) is 48.5 Å². The highest BCUT2D eigenvalue weighted by Crippen LogP contribution is 2.17. The largest absolute Gasteiger partial charge is 1.00 e. The monoisotopic (exact) mass is 566 g/mol. The molecule has 10 N–H and O–H groups in total. The van der Waals surface area contributed by atoms with Crippen LogP contribution >= 0.6 is 0 Å². The summed E-state index contributed by atoms with van der Waals surface area (Å²) in [7, 11) is 0. The normalized spacial score (nSPS) is 9.74. The summed E-state index contributed by atoms with van der Waals surface area (Å²) in [6, 6.07) is 15.1. The minimum absolute atomic E-state index is 0. The first-order chi connectivity index (χ1) is 17.4. The van der Waals surface area contributed by atoms with Gasteiger partial charge >= 0.3 is 12.2 Å². The second-order valence-electron chi connectivity index (χ2n) is 7.61. The first-order valence-electron chi connectivity index (χ1n) is 11.4. The van der Waals surface area contributed by atoms with Crippen LogP contribution in [0.5, 0.6) is 0 Å². The number of hydrogen-bond acceptors (Lipinski definition) is 8. The van der Waals surface area contributed by atoms with Crippen LogP contribution in [0.25, 0.3) is 0 Å². The molecule has 0 saturated heterocycles. The molecule has 0 aliphatic rings. The van der Waals surface area contributed by atoms with Crippen molar-refractivity contribution in [1.29, 1.82) is 0 Å². The smallest absolute Gasteiger partial charge is 0.411 e. The first-order valence-corrected chi connectivity index (χ1v) is 11.4. The van der Waals surface area contributed by atoms with Gasteiger partial charge in [0, 0.05) is 12.1 Å². The van der Waals surface area contributed by atoms with Crippen molar-refractivity contribution in [3.05, 3.63) is 59.7 Å². The average Bonchev–Trinajstić information content (AvgIpc) is 2.85. The summed E-state index contributed by atoms with van der Waals surface area (Å²) < 4.78 is 9.71. The van der Waals surface area contributed by atoms with E-state index in [9.17, 15) is 9.59 Å². The molecule has 2 amide bonds. The Bertz CT molecular complexity index is 1110. The van der Waals surface area contributed by atoms with Crippen LogP contribution in [-0.2, 0) is 22.6 Å². The number of aromatic amines is 2. The van der Waals surface area contributed by atoms with Gasteiger partial charge in [-0.05, 0) is 37.1 Å². The standard InChI is InChI=1S/C24H30N8O4.2ClH/c1-3-35-23(33)29-17-9-11-19(31-21(17)25)27-13-15-5-7-16(8-6-15)14-28-20-12-10-18(22(26)32-20)30-24(34)36-4-2;;/h5-12H,3-4,13-14H2,1-2H3,(H,29,33)(H,30,34)(H3,25,27,31)(H3,26,28,32);2*1H. The van der Waals surface area contributed by atoms with E-state index >= 15 is 0 Å². The highest BCUT2D eigenvalue weighted by molar-refractivity contribution is 5.88. The molecule has 38 heavy (non-hydrogen) atoms. The van der Waals surface area contributed by atoms with Crippen molar-refractivity contribution in [2.45, 2.75) is 26.9 Å². The van der Waals surface area contributed by atoms with E-state index < -0.39 is 12.2 Å². The van der Waals surface area contributed by atoms with Crippen molar-refractivity contribution < 1.29 is 53.8 Å². The molecule has 12 nitrogen and oxygen atoms in total. The Balaban J connectivity index is 0.00000361. The second kappa shape index (κ2) is 15.8. The van der Waals surface area contributed by atoms with Gasteiger partial charge in [0.05, 0.1) is 26.3 Å². The van der Waals surface area contributed by atoms with E-state index in [4.69, 9.17) is 20.9 Å². The van der Waals surface area contributed by atoms with E-state index in [-0.39, 0.29) is 38.0 Å². The lowest BCUT2D eigenvalue weighted by Gasteiger charge is -2.08. The number of nitrogens with one attached hydrogen (secondary N) is 6. The minimum atomic E-state index is -0.558. The van der Waals surface area contributed by atoms with Crippen molar-refractivity contribution in [3.8, 4) is 0 Å². The summed E-state index contributed by atoms with van der Waals surface area (Å²) in [5.74, 6) is 2.05. The van der Waals surface area contributed by atoms with Crippen molar-refractivity contribution in [1.82, 2.24) is 0 Å². The lowest BCUT2D eigenvalue weighted by atomic mass is 10.1. The number of aromatic nitrogens is 2. The number of rotatable bonds is 10. The van der Waals surface area contributed by atoms with E-state index in [1.54, 1.807) is 38.1 Å². The van der Waals surface area contributed by atoms with Gasteiger partial charge in [0.25, 0.3) is 0 Å². The number of pyridine rings is 2. The number of anilines is 6. The maximum absolute atomic E-state index is 11.6. The molecule has 0 aliphatic heterocycles. The summed E-state index contributed by atoms with van der Waals surface area (Å²) in [6.45, 7) is 5.17. The highest BCUT2D eigenvalue weighted by atomic mass is 35.5. The zero-order chi connectivity index (χ0) is 25.9. The Morgan fingerprint density at radius 3 is 1.37 bits per heavy atom. The molecule has 0 unspecified atom stereocenters. The maximum atomic E-state index is 11.6. The van der Waals surface area contributed by atoms with Crippen molar-refractivity contribution in [3.63, 3.8) is 0 Å². The van der Waals surface area contributed by atoms with Gasteiger partial charge < -0.3 is 56.4 Å². The highest BCUT2D eigenvalue weighted by Gasteiger charge is 2.12. The van der Waals surface area contributed by atoms with Crippen LogP contribution in [0, 0.1) is 0 Å². The van der Waals surface area contributed by atoms with Crippen molar-refractivity contribution in [2.24, 2.45) is 0 Å². The maximum Gasteiger partial charge on any atom is 0.411 e.